The van der Waals surface area contributed by atoms with Crippen LogP contribution in [0.4, 0.5) is 0 Å². The van der Waals surface area contributed by atoms with Gasteiger partial charge >= 0.3 is 0 Å². The molecule has 3 aliphatic rings. The molecule has 9 nitrogen and oxygen atoms in total. The Balaban J connectivity index is 1.21. The van der Waals surface area contributed by atoms with Gasteiger partial charge in [0.2, 0.25) is 0 Å². The Morgan fingerprint density at radius 1 is 1.21 bits per heavy atom. The lowest BCUT2D eigenvalue weighted by Gasteiger charge is -2.20. The van der Waals surface area contributed by atoms with Gasteiger partial charge in [-0.2, -0.15) is 5.10 Å². The number of rotatable bonds is 5. The quantitative estimate of drug-likeness (QED) is 0.801. The van der Waals surface area contributed by atoms with Crippen LogP contribution in [0.5, 0.6) is 0 Å². The van der Waals surface area contributed by atoms with Crippen molar-refractivity contribution in [3.8, 4) is 0 Å². The van der Waals surface area contributed by atoms with Crippen LogP contribution in [0.3, 0.4) is 0 Å². The van der Waals surface area contributed by atoms with E-state index in [-0.39, 0.29) is 30.2 Å². The van der Waals surface area contributed by atoms with E-state index in [0.29, 0.717) is 18.8 Å². The van der Waals surface area contributed by atoms with Crippen molar-refractivity contribution in [2.75, 3.05) is 13.2 Å². The van der Waals surface area contributed by atoms with Crippen molar-refractivity contribution in [2.24, 2.45) is 5.92 Å². The van der Waals surface area contributed by atoms with E-state index >= 15 is 0 Å². The van der Waals surface area contributed by atoms with Crippen LogP contribution in [0.1, 0.15) is 54.2 Å². The number of hydrogen-bond acceptors (Lipinski definition) is 6. The highest BCUT2D eigenvalue weighted by molar-refractivity contribution is 5.93. The minimum Gasteiger partial charge on any atom is -0.371 e. The number of fused-ring (bicyclic) bond motifs is 1. The van der Waals surface area contributed by atoms with Crippen molar-refractivity contribution in [1.29, 1.82) is 0 Å². The molecule has 1 aliphatic carbocycles. The molecule has 0 aromatic carbocycles. The highest BCUT2D eigenvalue weighted by Crippen LogP contribution is 2.34. The molecule has 2 saturated heterocycles. The molecular formula is C19H26N6O3. The molecule has 2 aliphatic heterocycles. The third-order valence-corrected chi connectivity index (χ3v) is 6.22. The van der Waals surface area contributed by atoms with Gasteiger partial charge in [0.05, 0.1) is 36.7 Å². The molecule has 4 unspecified atom stereocenters. The third kappa shape index (κ3) is 3.44. The van der Waals surface area contributed by atoms with Crippen LogP contribution in [-0.2, 0) is 15.9 Å². The zero-order chi connectivity index (χ0) is 18.9. The molecule has 0 spiro atoms. The highest BCUT2D eigenvalue weighted by atomic mass is 16.6. The maximum Gasteiger partial charge on any atom is 0.254 e. The number of aromatic nitrogens is 5. The van der Waals surface area contributed by atoms with Gasteiger partial charge in [-0.3, -0.25) is 9.89 Å². The fourth-order valence-corrected chi connectivity index (χ4v) is 4.71. The van der Waals surface area contributed by atoms with Crippen LogP contribution in [0.25, 0.3) is 0 Å². The Labute approximate surface area is 163 Å². The minimum absolute atomic E-state index is 0.00608. The minimum atomic E-state index is -0.178. The molecule has 2 N–H and O–H groups in total. The van der Waals surface area contributed by atoms with Gasteiger partial charge in [0.25, 0.3) is 5.91 Å². The predicted molar refractivity (Wildman–Crippen MR) is 98.7 cm³/mol. The molecule has 9 heteroatoms. The van der Waals surface area contributed by atoms with Crippen molar-refractivity contribution in [3.63, 3.8) is 0 Å². The summed E-state index contributed by atoms with van der Waals surface area (Å²) in [6.45, 7) is 0.943. The van der Waals surface area contributed by atoms with E-state index in [1.54, 1.807) is 6.20 Å². The monoisotopic (exact) mass is 386 g/mol. The first-order valence-electron chi connectivity index (χ1n) is 10.2. The van der Waals surface area contributed by atoms with Crippen LogP contribution in [-0.4, -0.2) is 62.6 Å². The number of carbonyl (C=O) groups is 1. The normalized spacial score (nSPS) is 30.4. The van der Waals surface area contributed by atoms with Gasteiger partial charge in [0, 0.05) is 12.4 Å². The van der Waals surface area contributed by atoms with Gasteiger partial charge in [0.1, 0.15) is 18.2 Å². The fraction of sp³-hybridized carbons (Fsp3) is 0.684. The second kappa shape index (κ2) is 7.63. The third-order valence-electron chi connectivity index (χ3n) is 6.22. The van der Waals surface area contributed by atoms with Gasteiger partial charge in [0.15, 0.2) is 0 Å². The summed E-state index contributed by atoms with van der Waals surface area (Å²) < 4.78 is 13.9. The van der Waals surface area contributed by atoms with E-state index in [1.165, 1.54) is 38.3 Å². The van der Waals surface area contributed by atoms with E-state index < -0.39 is 0 Å². The Morgan fingerprint density at radius 3 is 2.89 bits per heavy atom. The summed E-state index contributed by atoms with van der Waals surface area (Å²) in [5.41, 5.74) is 1.56. The summed E-state index contributed by atoms with van der Waals surface area (Å²) in [5, 5.41) is 18.2. The lowest BCUT2D eigenvalue weighted by atomic mass is 9.86. The summed E-state index contributed by atoms with van der Waals surface area (Å²) in [6, 6.07) is -0.184. The zero-order valence-electron chi connectivity index (χ0n) is 15.8. The van der Waals surface area contributed by atoms with Gasteiger partial charge in [-0.25, -0.2) is 4.68 Å². The van der Waals surface area contributed by atoms with Crippen molar-refractivity contribution in [3.05, 3.63) is 29.8 Å². The largest absolute Gasteiger partial charge is 0.371 e. The standard InChI is InChI=1S/C19H26N6O3/c26-19(13-7-20-21-8-13)22-15-10-27-18-16(11-28-17(15)18)25-9-14(23-24-25)6-12-4-2-1-3-5-12/h7-9,12,15-18H,1-6,10-11H2,(H,20,21)(H,22,26). The Hall–Kier alpha value is -2.26. The van der Waals surface area contributed by atoms with Crippen LogP contribution >= 0.6 is 0 Å². The van der Waals surface area contributed by atoms with E-state index in [4.69, 9.17) is 9.47 Å². The predicted octanol–water partition coefficient (Wildman–Crippen LogP) is 1.26. The summed E-state index contributed by atoms with van der Waals surface area (Å²) in [5.74, 6) is 0.558. The summed E-state index contributed by atoms with van der Waals surface area (Å²) >= 11 is 0. The molecule has 0 radical (unpaired) electrons. The van der Waals surface area contributed by atoms with Crippen molar-refractivity contribution >= 4 is 5.91 Å². The van der Waals surface area contributed by atoms with Crippen molar-refractivity contribution in [1.82, 2.24) is 30.5 Å². The van der Waals surface area contributed by atoms with Crippen LogP contribution < -0.4 is 5.32 Å². The number of carbonyl (C=O) groups excluding carboxylic acids is 1. The lowest BCUT2D eigenvalue weighted by Crippen LogP contribution is -2.44. The first-order chi connectivity index (χ1) is 13.8. The maximum absolute atomic E-state index is 12.3. The Kier molecular flexibility index (Phi) is 4.86. The molecule has 3 fully saturated rings. The molecule has 4 atom stereocenters. The van der Waals surface area contributed by atoms with Gasteiger partial charge in [-0.15, -0.1) is 5.10 Å². The average Bonchev–Trinajstić information content (AvgIpc) is 3.49. The van der Waals surface area contributed by atoms with Gasteiger partial charge in [-0.1, -0.05) is 37.3 Å². The molecule has 2 aromatic rings. The molecule has 4 heterocycles. The van der Waals surface area contributed by atoms with Gasteiger partial charge < -0.3 is 14.8 Å². The van der Waals surface area contributed by atoms with Crippen LogP contribution in [0.2, 0.25) is 0 Å². The van der Waals surface area contributed by atoms with Crippen molar-refractivity contribution in [2.45, 2.75) is 62.8 Å². The summed E-state index contributed by atoms with van der Waals surface area (Å²) in [7, 11) is 0. The molecule has 1 amide bonds. The zero-order valence-corrected chi connectivity index (χ0v) is 15.8. The van der Waals surface area contributed by atoms with Crippen LogP contribution in [0.15, 0.2) is 18.6 Å². The molecule has 150 valence electrons. The first-order valence-corrected chi connectivity index (χ1v) is 10.2. The summed E-state index contributed by atoms with van der Waals surface area (Å²) in [6.07, 6.45) is 12.5. The first kappa shape index (κ1) is 17.8. The highest BCUT2D eigenvalue weighted by Gasteiger charge is 2.49. The van der Waals surface area contributed by atoms with E-state index in [9.17, 15) is 4.79 Å². The van der Waals surface area contributed by atoms with E-state index in [0.717, 1.165) is 18.0 Å². The number of H-pyrrole nitrogens is 1. The maximum atomic E-state index is 12.3. The number of nitrogens with one attached hydrogen (secondary N) is 2. The second-order valence-electron chi connectivity index (χ2n) is 8.13. The lowest BCUT2D eigenvalue weighted by molar-refractivity contribution is 0.0613. The number of amides is 1. The van der Waals surface area contributed by atoms with E-state index in [2.05, 4.69) is 25.8 Å². The number of ether oxygens (including phenoxy) is 2. The van der Waals surface area contributed by atoms with Gasteiger partial charge in [-0.05, 0) is 12.3 Å². The Bertz CT molecular complexity index is 800. The smallest absolute Gasteiger partial charge is 0.254 e. The van der Waals surface area contributed by atoms with Crippen molar-refractivity contribution < 1.29 is 14.3 Å². The molecule has 28 heavy (non-hydrogen) atoms. The number of nitrogens with zero attached hydrogens (tertiary/aromatic N) is 4. The number of aromatic amines is 1. The topological polar surface area (TPSA) is 107 Å². The molecule has 1 saturated carbocycles. The molecule has 0 bridgehead atoms. The van der Waals surface area contributed by atoms with Crippen LogP contribution in [0, 0.1) is 5.92 Å². The fourth-order valence-electron chi connectivity index (χ4n) is 4.71. The summed E-state index contributed by atoms with van der Waals surface area (Å²) in [4.78, 5) is 12.3. The molecule has 2 aromatic heterocycles. The molecule has 5 rings (SSSR count). The van der Waals surface area contributed by atoms with E-state index in [1.807, 2.05) is 10.9 Å². The SMILES string of the molecule is O=C(NC1COC2C1OCC2n1cc(CC2CCCCC2)nn1)c1cn[nH]c1. The Morgan fingerprint density at radius 2 is 2.07 bits per heavy atom. The molecular weight excluding hydrogens is 360 g/mol. The number of hydrogen-bond donors (Lipinski definition) is 2. The second-order valence-corrected chi connectivity index (χ2v) is 8.13. The average molecular weight is 386 g/mol.